The molecule has 0 saturated heterocycles. The maximum atomic E-state index is 9.88. The molecule has 0 heterocycles. The quantitative estimate of drug-likeness (QED) is 0.309. The second kappa shape index (κ2) is 7.50. The summed E-state index contributed by atoms with van der Waals surface area (Å²) in [6, 6.07) is 0. The van der Waals surface area contributed by atoms with Gasteiger partial charge in [0, 0.05) is 13.2 Å². The van der Waals surface area contributed by atoms with Crippen molar-refractivity contribution in [2.24, 2.45) is 5.73 Å². The third-order valence-electron chi connectivity index (χ3n) is 1.29. The van der Waals surface area contributed by atoms with Gasteiger partial charge in [-0.2, -0.15) is 0 Å². The minimum atomic E-state index is -0.229. The molecule has 0 fully saturated rings. The lowest BCUT2D eigenvalue weighted by atomic mass is 10.3. The highest BCUT2D eigenvalue weighted by molar-refractivity contribution is 5.46. The van der Waals surface area contributed by atoms with Gasteiger partial charge in [0.1, 0.15) is 0 Å². The Bertz CT molecular complexity index is 98.4. The number of rotatable bonds is 7. The summed E-state index contributed by atoms with van der Waals surface area (Å²) in [6.45, 7) is 3.39. The van der Waals surface area contributed by atoms with Gasteiger partial charge in [0.2, 0.25) is 6.41 Å². The fourth-order valence-corrected chi connectivity index (χ4v) is 0.720. The molecule has 0 aromatic rings. The van der Waals surface area contributed by atoms with Gasteiger partial charge in [-0.1, -0.05) is 0 Å². The summed E-state index contributed by atoms with van der Waals surface area (Å²) in [7, 11) is 0. The van der Waals surface area contributed by atoms with Crippen LogP contribution in [0.2, 0.25) is 0 Å². The first kappa shape index (κ1) is 10.4. The Labute approximate surface area is 67.1 Å². The Morgan fingerprint density at radius 1 is 1.73 bits per heavy atom. The van der Waals surface area contributed by atoms with E-state index >= 15 is 0 Å². The second-order valence-corrected chi connectivity index (χ2v) is 2.23. The highest BCUT2D eigenvalue weighted by atomic mass is 16.5. The van der Waals surface area contributed by atoms with E-state index in [1.807, 2.05) is 6.92 Å². The van der Waals surface area contributed by atoms with Crippen molar-refractivity contribution in [2.45, 2.75) is 25.9 Å². The molecule has 1 amide bonds. The van der Waals surface area contributed by atoms with E-state index in [0.717, 1.165) is 19.4 Å². The molecule has 66 valence electrons. The van der Waals surface area contributed by atoms with Crippen molar-refractivity contribution in [3.8, 4) is 0 Å². The average molecular weight is 160 g/mol. The molecule has 4 nitrogen and oxygen atoms in total. The van der Waals surface area contributed by atoms with Crippen LogP contribution in [0.15, 0.2) is 0 Å². The van der Waals surface area contributed by atoms with Crippen LogP contribution >= 0.6 is 0 Å². The third-order valence-corrected chi connectivity index (χ3v) is 1.29. The Morgan fingerprint density at radius 3 is 3.00 bits per heavy atom. The molecule has 0 aliphatic heterocycles. The predicted octanol–water partition coefficient (Wildman–Crippen LogP) is -0.166. The molecular formula is C7H16N2O2. The van der Waals surface area contributed by atoms with Crippen molar-refractivity contribution < 1.29 is 9.53 Å². The summed E-state index contributed by atoms with van der Waals surface area (Å²) in [5.74, 6) is 0. The third kappa shape index (κ3) is 7.29. The first-order chi connectivity index (χ1) is 5.31. The van der Waals surface area contributed by atoms with Crippen LogP contribution in [0.3, 0.4) is 0 Å². The molecule has 3 N–H and O–H groups in total. The van der Waals surface area contributed by atoms with E-state index in [1.54, 1.807) is 0 Å². The van der Waals surface area contributed by atoms with Crippen molar-refractivity contribution in [3.05, 3.63) is 0 Å². The van der Waals surface area contributed by atoms with Crippen molar-refractivity contribution >= 4 is 6.41 Å². The zero-order valence-corrected chi connectivity index (χ0v) is 6.88. The van der Waals surface area contributed by atoms with Crippen LogP contribution in [-0.4, -0.2) is 25.8 Å². The molecule has 1 unspecified atom stereocenters. The Kier molecular flexibility index (Phi) is 7.08. The summed E-state index contributed by atoms with van der Waals surface area (Å²) in [5, 5.41) is 2.46. The standard InChI is InChI=1S/C7H16N2O2/c1-2-11-5-3-4-7(8)9-6-10/h6-7H,2-5,8H2,1H3,(H,9,10). The van der Waals surface area contributed by atoms with E-state index < -0.39 is 0 Å². The van der Waals surface area contributed by atoms with Gasteiger partial charge in [0.05, 0.1) is 6.17 Å². The molecule has 0 radical (unpaired) electrons. The number of carbonyl (C=O) groups is 1. The van der Waals surface area contributed by atoms with Crippen LogP contribution in [0.5, 0.6) is 0 Å². The number of hydrogen-bond donors (Lipinski definition) is 2. The highest BCUT2D eigenvalue weighted by Gasteiger charge is 1.97. The number of nitrogens with one attached hydrogen (secondary N) is 1. The van der Waals surface area contributed by atoms with Gasteiger partial charge in [0.15, 0.2) is 0 Å². The molecule has 0 spiro atoms. The Balaban J connectivity index is 3.03. The number of amides is 1. The fraction of sp³-hybridized carbons (Fsp3) is 0.857. The number of ether oxygens (including phenoxy) is 1. The molecule has 0 aromatic heterocycles. The second-order valence-electron chi connectivity index (χ2n) is 2.23. The minimum absolute atomic E-state index is 0.229. The summed E-state index contributed by atoms with van der Waals surface area (Å²) in [5.41, 5.74) is 5.47. The molecule has 11 heavy (non-hydrogen) atoms. The molecule has 0 aliphatic carbocycles. The predicted molar refractivity (Wildman–Crippen MR) is 42.9 cm³/mol. The molecule has 0 rings (SSSR count). The van der Waals surface area contributed by atoms with Crippen molar-refractivity contribution in [2.75, 3.05) is 13.2 Å². The largest absolute Gasteiger partial charge is 0.382 e. The first-order valence-electron chi connectivity index (χ1n) is 3.84. The fourth-order valence-electron chi connectivity index (χ4n) is 0.720. The van der Waals surface area contributed by atoms with Crippen LogP contribution in [0, 0.1) is 0 Å². The molecule has 1 atom stereocenters. The minimum Gasteiger partial charge on any atom is -0.382 e. The van der Waals surface area contributed by atoms with Crippen LogP contribution < -0.4 is 11.1 Å². The first-order valence-corrected chi connectivity index (χ1v) is 3.84. The Hall–Kier alpha value is -0.610. The molecular weight excluding hydrogens is 144 g/mol. The summed E-state index contributed by atoms with van der Waals surface area (Å²) in [6.07, 6.45) is 2.04. The zero-order chi connectivity index (χ0) is 8.53. The van der Waals surface area contributed by atoms with Crippen molar-refractivity contribution in [1.29, 1.82) is 0 Å². The van der Waals surface area contributed by atoms with E-state index in [0.29, 0.717) is 13.0 Å². The maximum absolute atomic E-state index is 9.88. The summed E-state index contributed by atoms with van der Waals surface area (Å²) in [4.78, 5) is 9.88. The van der Waals surface area contributed by atoms with Gasteiger partial charge in [-0.05, 0) is 19.8 Å². The molecule has 0 saturated carbocycles. The van der Waals surface area contributed by atoms with Gasteiger partial charge >= 0.3 is 0 Å². The van der Waals surface area contributed by atoms with Crippen LogP contribution in [0.4, 0.5) is 0 Å². The zero-order valence-electron chi connectivity index (χ0n) is 6.88. The lowest BCUT2D eigenvalue weighted by Crippen LogP contribution is -2.36. The lowest BCUT2D eigenvalue weighted by Gasteiger charge is -2.08. The van der Waals surface area contributed by atoms with Gasteiger partial charge in [-0.15, -0.1) is 0 Å². The summed E-state index contributed by atoms with van der Waals surface area (Å²) >= 11 is 0. The highest BCUT2D eigenvalue weighted by Crippen LogP contribution is 1.91. The van der Waals surface area contributed by atoms with E-state index in [1.165, 1.54) is 0 Å². The average Bonchev–Trinajstić information content (AvgIpc) is 1.99. The molecule has 0 bridgehead atoms. The number of hydrogen-bond acceptors (Lipinski definition) is 3. The van der Waals surface area contributed by atoms with E-state index in [-0.39, 0.29) is 6.17 Å². The van der Waals surface area contributed by atoms with Gasteiger partial charge in [0.25, 0.3) is 0 Å². The van der Waals surface area contributed by atoms with Crippen molar-refractivity contribution in [1.82, 2.24) is 5.32 Å². The van der Waals surface area contributed by atoms with Crippen LogP contribution in [0.1, 0.15) is 19.8 Å². The molecule has 0 aliphatic rings. The van der Waals surface area contributed by atoms with Gasteiger partial charge < -0.3 is 15.8 Å². The topological polar surface area (TPSA) is 64.3 Å². The van der Waals surface area contributed by atoms with Crippen LogP contribution in [0.25, 0.3) is 0 Å². The van der Waals surface area contributed by atoms with E-state index in [9.17, 15) is 4.79 Å². The number of nitrogens with two attached hydrogens (primary N) is 1. The van der Waals surface area contributed by atoms with Crippen LogP contribution in [-0.2, 0) is 9.53 Å². The smallest absolute Gasteiger partial charge is 0.208 e. The normalized spacial score (nSPS) is 12.5. The SMILES string of the molecule is CCOCCCC(N)NC=O. The van der Waals surface area contributed by atoms with Crippen molar-refractivity contribution in [3.63, 3.8) is 0 Å². The number of carbonyl (C=O) groups excluding carboxylic acids is 1. The van der Waals surface area contributed by atoms with Gasteiger partial charge in [-0.25, -0.2) is 0 Å². The maximum Gasteiger partial charge on any atom is 0.208 e. The van der Waals surface area contributed by atoms with E-state index in [4.69, 9.17) is 10.5 Å². The Morgan fingerprint density at radius 2 is 2.45 bits per heavy atom. The molecule has 4 heteroatoms. The van der Waals surface area contributed by atoms with E-state index in [2.05, 4.69) is 5.32 Å². The van der Waals surface area contributed by atoms with Gasteiger partial charge in [-0.3, -0.25) is 4.79 Å². The monoisotopic (exact) mass is 160 g/mol. The summed E-state index contributed by atoms with van der Waals surface area (Å²) < 4.78 is 5.09. The molecule has 0 aromatic carbocycles. The lowest BCUT2D eigenvalue weighted by molar-refractivity contribution is -0.110.